The summed E-state index contributed by atoms with van der Waals surface area (Å²) in [4.78, 5) is 14.2. The second kappa shape index (κ2) is 4.84. The summed E-state index contributed by atoms with van der Waals surface area (Å²) in [5.41, 5.74) is 3.39. The molecule has 2 rings (SSSR count). The van der Waals surface area contributed by atoms with Crippen LogP contribution >= 0.6 is 0 Å². The van der Waals surface area contributed by atoms with Crippen LogP contribution in [-0.2, 0) is 4.79 Å². The van der Waals surface area contributed by atoms with Crippen molar-refractivity contribution in [3.8, 4) is 0 Å². The van der Waals surface area contributed by atoms with E-state index in [9.17, 15) is 4.79 Å². The standard InChI is InChI=1S/C15H19NO2/c1-9(2)11(7-15(17)18)13-8-16-14-5-4-10(3)6-12(13)14/h4-6,8-9,11,16H,7H2,1-3H3,(H,17,18). The third-order valence-corrected chi connectivity index (χ3v) is 3.47. The first-order chi connectivity index (χ1) is 8.49. The van der Waals surface area contributed by atoms with Crippen molar-refractivity contribution in [2.75, 3.05) is 0 Å². The predicted molar refractivity (Wildman–Crippen MR) is 72.9 cm³/mol. The first-order valence-corrected chi connectivity index (χ1v) is 6.28. The van der Waals surface area contributed by atoms with Gasteiger partial charge in [-0.05, 0) is 36.5 Å². The van der Waals surface area contributed by atoms with Gasteiger partial charge in [0, 0.05) is 17.1 Å². The monoisotopic (exact) mass is 245 g/mol. The normalized spacial score (nSPS) is 13.1. The molecule has 18 heavy (non-hydrogen) atoms. The summed E-state index contributed by atoms with van der Waals surface area (Å²) in [5, 5.41) is 10.2. The highest BCUT2D eigenvalue weighted by molar-refractivity contribution is 5.85. The molecule has 0 fully saturated rings. The van der Waals surface area contributed by atoms with Crippen LogP contribution in [0, 0.1) is 12.8 Å². The lowest BCUT2D eigenvalue weighted by atomic mass is 9.85. The molecule has 2 N–H and O–H groups in total. The van der Waals surface area contributed by atoms with Gasteiger partial charge in [-0.25, -0.2) is 0 Å². The minimum atomic E-state index is -0.740. The summed E-state index contributed by atoms with van der Waals surface area (Å²) in [6.45, 7) is 6.20. The van der Waals surface area contributed by atoms with Gasteiger partial charge in [0.2, 0.25) is 0 Å². The van der Waals surface area contributed by atoms with E-state index >= 15 is 0 Å². The molecule has 2 aromatic rings. The maximum Gasteiger partial charge on any atom is 0.303 e. The first-order valence-electron chi connectivity index (χ1n) is 6.28. The van der Waals surface area contributed by atoms with Crippen molar-refractivity contribution in [1.82, 2.24) is 4.98 Å². The number of aromatic nitrogens is 1. The van der Waals surface area contributed by atoms with Gasteiger partial charge in [0.05, 0.1) is 6.42 Å². The molecule has 1 atom stereocenters. The molecule has 0 saturated carbocycles. The Morgan fingerprint density at radius 3 is 2.72 bits per heavy atom. The molecule has 0 radical (unpaired) electrons. The van der Waals surface area contributed by atoms with Crippen LogP contribution < -0.4 is 0 Å². The molecule has 0 aliphatic carbocycles. The van der Waals surface area contributed by atoms with Gasteiger partial charge in [-0.3, -0.25) is 4.79 Å². The quantitative estimate of drug-likeness (QED) is 0.863. The number of aromatic amines is 1. The van der Waals surface area contributed by atoms with Crippen molar-refractivity contribution in [3.63, 3.8) is 0 Å². The summed E-state index contributed by atoms with van der Waals surface area (Å²) in [7, 11) is 0. The first kappa shape index (κ1) is 12.7. The van der Waals surface area contributed by atoms with E-state index in [1.54, 1.807) is 0 Å². The number of benzene rings is 1. The molecule has 3 heteroatoms. The molecule has 0 aliphatic heterocycles. The van der Waals surface area contributed by atoms with Gasteiger partial charge in [0.1, 0.15) is 0 Å². The molecule has 0 saturated heterocycles. The number of nitrogens with one attached hydrogen (secondary N) is 1. The molecule has 1 aromatic carbocycles. The molecule has 1 unspecified atom stereocenters. The summed E-state index contributed by atoms with van der Waals surface area (Å²) in [5.74, 6) is -0.380. The molecule has 0 aliphatic rings. The molecular formula is C15H19NO2. The van der Waals surface area contributed by atoms with Crippen LogP contribution in [0.2, 0.25) is 0 Å². The van der Waals surface area contributed by atoms with Crippen LogP contribution in [0.5, 0.6) is 0 Å². The van der Waals surface area contributed by atoms with Crippen molar-refractivity contribution in [1.29, 1.82) is 0 Å². The van der Waals surface area contributed by atoms with E-state index in [0.717, 1.165) is 16.5 Å². The van der Waals surface area contributed by atoms with Crippen LogP contribution in [0.3, 0.4) is 0 Å². The number of carboxylic acid groups (broad SMARTS) is 1. The van der Waals surface area contributed by atoms with Gasteiger partial charge in [-0.15, -0.1) is 0 Å². The maximum atomic E-state index is 11.0. The molecule has 0 bridgehead atoms. The van der Waals surface area contributed by atoms with Crippen molar-refractivity contribution < 1.29 is 9.90 Å². The Balaban J connectivity index is 2.50. The van der Waals surface area contributed by atoms with Gasteiger partial charge in [-0.2, -0.15) is 0 Å². The van der Waals surface area contributed by atoms with Crippen LogP contribution in [0.1, 0.15) is 37.3 Å². The smallest absolute Gasteiger partial charge is 0.303 e. The molecule has 96 valence electrons. The Hall–Kier alpha value is -1.77. The largest absolute Gasteiger partial charge is 0.481 e. The minimum Gasteiger partial charge on any atom is -0.481 e. The van der Waals surface area contributed by atoms with E-state index < -0.39 is 5.97 Å². The van der Waals surface area contributed by atoms with Crippen LogP contribution in [0.4, 0.5) is 0 Å². The van der Waals surface area contributed by atoms with Crippen LogP contribution in [0.25, 0.3) is 10.9 Å². The van der Waals surface area contributed by atoms with Crippen LogP contribution in [0.15, 0.2) is 24.4 Å². The Bertz CT molecular complexity index is 569. The number of hydrogen-bond acceptors (Lipinski definition) is 1. The van der Waals surface area contributed by atoms with Crippen molar-refractivity contribution in [2.45, 2.75) is 33.1 Å². The maximum absolute atomic E-state index is 11.0. The lowest BCUT2D eigenvalue weighted by molar-refractivity contribution is -0.137. The number of fused-ring (bicyclic) bond motifs is 1. The van der Waals surface area contributed by atoms with Crippen molar-refractivity contribution >= 4 is 16.9 Å². The summed E-state index contributed by atoms with van der Waals surface area (Å²) in [6.07, 6.45) is 2.14. The van der Waals surface area contributed by atoms with Gasteiger partial charge in [0.15, 0.2) is 0 Å². The van der Waals surface area contributed by atoms with Crippen LogP contribution in [-0.4, -0.2) is 16.1 Å². The highest BCUT2D eigenvalue weighted by Gasteiger charge is 2.22. The number of aliphatic carboxylic acids is 1. The Kier molecular flexibility index (Phi) is 3.41. The van der Waals surface area contributed by atoms with E-state index in [0.29, 0.717) is 5.92 Å². The number of rotatable bonds is 4. The van der Waals surface area contributed by atoms with E-state index in [1.165, 1.54) is 5.56 Å². The number of H-pyrrole nitrogens is 1. The number of carbonyl (C=O) groups is 1. The molecule has 1 heterocycles. The Morgan fingerprint density at radius 2 is 2.11 bits per heavy atom. The number of aryl methyl sites for hydroxylation is 1. The number of hydrogen-bond donors (Lipinski definition) is 2. The second-order valence-corrected chi connectivity index (χ2v) is 5.24. The highest BCUT2D eigenvalue weighted by Crippen LogP contribution is 2.33. The van der Waals surface area contributed by atoms with E-state index in [-0.39, 0.29) is 12.3 Å². The molecule has 0 amide bonds. The summed E-state index contributed by atoms with van der Waals surface area (Å²) >= 11 is 0. The average Bonchev–Trinajstić information content (AvgIpc) is 2.68. The molecule has 0 spiro atoms. The van der Waals surface area contributed by atoms with Gasteiger partial charge < -0.3 is 10.1 Å². The third kappa shape index (κ3) is 2.40. The highest BCUT2D eigenvalue weighted by atomic mass is 16.4. The molecular weight excluding hydrogens is 226 g/mol. The zero-order chi connectivity index (χ0) is 13.3. The fourth-order valence-corrected chi connectivity index (χ4v) is 2.46. The van der Waals surface area contributed by atoms with E-state index in [1.807, 2.05) is 12.3 Å². The SMILES string of the molecule is Cc1ccc2[nH]cc(C(CC(=O)O)C(C)C)c2c1. The Morgan fingerprint density at radius 1 is 1.39 bits per heavy atom. The van der Waals surface area contributed by atoms with Crippen molar-refractivity contribution in [3.05, 3.63) is 35.5 Å². The average molecular weight is 245 g/mol. The van der Waals surface area contributed by atoms with Gasteiger partial charge in [0.25, 0.3) is 0 Å². The minimum absolute atomic E-state index is 0.0537. The zero-order valence-corrected chi connectivity index (χ0v) is 11.0. The topological polar surface area (TPSA) is 53.1 Å². The predicted octanol–water partition coefficient (Wildman–Crippen LogP) is 3.69. The molecule has 1 aromatic heterocycles. The lowest BCUT2D eigenvalue weighted by Gasteiger charge is -2.18. The lowest BCUT2D eigenvalue weighted by Crippen LogP contribution is -2.11. The molecule has 3 nitrogen and oxygen atoms in total. The third-order valence-electron chi connectivity index (χ3n) is 3.47. The fourth-order valence-electron chi connectivity index (χ4n) is 2.46. The summed E-state index contributed by atoms with van der Waals surface area (Å²) in [6, 6.07) is 6.23. The second-order valence-electron chi connectivity index (χ2n) is 5.24. The zero-order valence-electron chi connectivity index (χ0n) is 11.0. The van der Waals surface area contributed by atoms with Gasteiger partial charge >= 0.3 is 5.97 Å². The van der Waals surface area contributed by atoms with E-state index in [2.05, 4.69) is 37.9 Å². The van der Waals surface area contributed by atoms with Crippen molar-refractivity contribution in [2.24, 2.45) is 5.92 Å². The fraction of sp³-hybridized carbons (Fsp3) is 0.400. The Labute approximate surface area is 107 Å². The summed E-state index contributed by atoms with van der Waals surface area (Å²) < 4.78 is 0. The van der Waals surface area contributed by atoms with Gasteiger partial charge in [-0.1, -0.05) is 25.5 Å². The van der Waals surface area contributed by atoms with E-state index in [4.69, 9.17) is 5.11 Å². The number of carboxylic acids is 1.